The Bertz CT molecular complexity index is 213. The minimum Gasteiger partial charge on any atom is -0.373 e. The van der Waals surface area contributed by atoms with Crippen molar-refractivity contribution in [3.63, 3.8) is 0 Å². The lowest BCUT2D eigenvalue weighted by atomic mass is 9.91. The summed E-state index contributed by atoms with van der Waals surface area (Å²) < 4.78 is 5.62. The molecule has 1 unspecified atom stereocenters. The lowest BCUT2D eigenvalue weighted by Gasteiger charge is -2.27. The van der Waals surface area contributed by atoms with Crippen molar-refractivity contribution in [2.75, 3.05) is 6.61 Å². The third-order valence-electron chi connectivity index (χ3n) is 2.42. The maximum atomic E-state index is 5.62. The normalized spacial score (nSPS) is 30.5. The Kier molecular flexibility index (Phi) is 1.82. The Morgan fingerprint density at radius 1 is 1.45 bits per heavy atom. The Balaban J connectivity index is 2.18. The summed E-state index contributed by atoms with van der Waals surface area (Å²) in [6.07, 6.45) is 8.42. The van der Waals surface area contributed by atoms with Crippen LogP contribution in [0.2, 0.25) is 0 Å². The molecule has 0 saturated carbocycles. The molecule has 0 radical (unpaired) electrons. The summed E-state index contributed by atoms with van der Waals surface area (Å²) in [5.41, 5.74) is 3.01. The van der Waals surface area contributed by atoms with E-state index in [4.69, 9.17) is 4.74 Å². The van der Waals surface area contributed by atoms with Crippen LogP contribution < -0.4 is 0 Å². The number of hydrogen-bond donors (Lipinski definition) is 0. The standard InChI is InChI=1S/C10H14O/c1-8-4-5-10-9(7-8)3-2-6-11-10/h3-4,10H,2,5-7H2,1H3. The largest absolute Gasteiger partial charge is 0.373 e. The molecule has 60 valence electrons. The van der Waals surface area contributed by atoms with Gasteiger partial charge in [-0.05, 0) is 31.8 Å². The van der Waals surface area contributed by atoms with Gasteiger partial charge in [0.15, 0.2) is 0 Å². The van der Waals surface area contributed by atoms with Gasteiger partial charge < -0.3 is 4.74 Å². The second kappa shape index (κ2) is 2.82. The maximum Gasteiger partial charge on any atom is 0.0822 e. The SMILES string of the molecule is CC1=CCC2OCCC=C2C1. The van der Waals surface area contributed by atoms with Gasteiger partial charge in [0, 0.05) is 0 Å². The summed E-state index contributed by atoms with van der Waals surface area (Å²) in [5, 5.41) is 0. The van der Waals surface area contributed by atoms with E-state index in [-0.39, 0.29) is 0 Å². The van der Waals surface area contributed by atoms with Crippen molar-refractivity contribution < 1.29 is 4.74 Å². The van der Waals surface area contributed by atoms with E-state index in [1.165, 1.54) is 11.1 Å². The fraction of sp³-hybridized carbons (Fsp3) is 0.600. The quantitative estimate of drug-likeness (QED) is 0.482. The van der Waals surface area contributed by atoms with Gasteiger partial charge in [-0.3, -0.25) is 0 Å². The summed E-state index contributed by atoms with van der Waals surface area (Å²) in [6.45, 7) is 3.12. The zero-order valence-electron chi connectivity index (χ0n) is 6.97. The molecule has 2 rings (SSSR count). The van der Waals surface area contributed by atoms with Gasteiger partial charge in [-0.2, -0.15) is 0 Å². The fourth-order valence-electron chi connectivity index (χ4n) is 1.80. The highest BCUT2D eigenvalue weighted by Crippen LogP contribution is 2.28. The van der Waals surface area contributed by atoms with E-state index in [0.717, 1.165) is 25.9 Å². The van der Waals surface area contributed by atoms with Gasteiger partial charge in [0.05, 0.1) is 12.7 Å². The molecule has 0 spiro atoms. The fourth-order valence-corrected chi connectivity index (χ4v) is 1.80. The summed E-state index contributed by atoms with van der Waals surface area (Å²) >= 11 is 0. The number of rotatable bonds is 0. The first-order valence-electron chi connectivity index (χ1n) is 4.32. The second-order valence-electron chi connectivity index (χ2n) is 3.39. The van der Waals surface area contributed by atoms with Gasteiger partial charge in [0.1, 0.15) is 0 Å². The van der Waals surface area contributed by atoms with E-state index in [9.17, 15) is 0 Å². The number of allylic oxidation sites excluding steroid dienone is 1. The van der Waals surface area contributed by atoms with E-state index in [2.05, 4.69) is 19.1 Å². The molecule has 0 fully saturated rings. The van der Waals surface area contributed by atoms with Gasteiger partial charge in [-0.1, -0.05) is 17.7 Å². The highest BCUT2D eigenvalue weighted by molar-refractivity contribution is 5.24. The zero-order chi connectivity index (χ0) is 7.68. The molecular weight excluding hydrogens is 136 g/mol. The average molecular weight is 150 g/mol. The maximum absolute atomic E-state index is 5.62. The van der Waals surface area contributed by atoms with Crippen molar-refractivity contribution in [2.45, 2.75) is 32.3 Å². The van der Waals surface area contributed by atoms with E-state index in [1.54, 1.807) is 0 Å². The van der Waals surface area contributed by atoms with E-state index >= 15 is 0 Å². The molecular formula is C10H14O. The molecule has 11 heavy (non-hydrogen) atoms. The average Bonchev–Trinajstić information content (AvgIpc) is 2.04. The first kappa shape index (κ1) is 7.11. The van der Waals surface area contributed by atoms with Crippen LogP contribution in [0.25, 0.3) is 0 Å². The molecule has 0 aromatic rings. The Labute approximate surface area is 67.7 Å². The molecule has 1 heteroatoms. The topological polar surface area (TPSA) is 9.23 Å². The monoisotopic (exact) mass is 150 g/mol. The highest BCUT2D eigenvalue weighted by atomic mass is 16.5. The van der Waals surface area contributed by atoms with Crippen LogP contribution in [0.3, 0.4) is 0 Å². The van der Waals surface area contributed by atoms with Crippen LogP contribution in [0.5, 0.6) is 0 Å². The van der Waals surface area contributed by atoms with Gasteiger partial charge in [0.2, 0.25) is 0 Å². The van der Waals surface area contributed by atoms with Crippen LogP contribution in [-0.4, -0.2) is 12.7 Å². The number of ether oxygens (including phenoxy) is 1. The molecule has 1 aliphatic carbocycles. The molecule has 0 amide bonds. The molecule has 0 bridgehead atoms. The Morgan fingerprint density at radius 2 is 2.36 bits per heavy atom. The molecule has 1 nitrogen and oxygen atoms in total. The summed E-state index contributed by atoms with van der Waals surface area (Å²) in [6, 6.07) is 0. The molecule has 0 N–H and O–H groups in total. The van der Waals surface area contributed by atoms with Crippen LogP contribution in [-0.2, 0) is 4.74 Å². The van der Waals surface area contributed by atoms with Crippen molar-refractivity contribution in [3.05, 3.63) is 23.3 Å². The summed E-state index contributed by atoms with van der Waals surface area (Å²) in [5.74, 6) is 0. The molecule has 2 aliphatic rings. The lowest BCUT2D eigenvalue weighted by Crippen LogP contribution is -2.22. The molecule has 1 heterocycles. The molecule has 0 saturated heterocycles. The third kappa shape index (κ3) is 1.38. The van der Waals surface area contributed by atoms with Gasteiger partial charge in [0.25, 0.3) is 0 Å². The van der Waals surface area contributed by atoms with Crippen LogP contribution in [0.4, 0.5) is 0 Å². The van der Waals surface area contributed by atoms with Gasteiger partial charge in [-0.15, -0.1) is 0 Å². The minimum atomic E-state index is 0.424. The van der Waals surface area contributed by atoms with Crippen molar-refractivity contribution in [3.8, 4) is 0 Å². The Morgan fingerprint density at radius 3 is 3.27 bits per heavy atom. The van der Waals surface area contributed by atoms with E-state index in [0.29, 0.717) is 6.10 Å². The number of hydrogen-bond acceptors (Lipinski definition) is 1. The van der Waals surface area contributed by atoms with Crippen molar-refractivity contribution in [1.82, 2.24) is 0 Å². The summed E-state index contributed by atoms with van der Waals surface area (Å²) in [4.78, 5) is 0. The predicted octanol–water partition coefficient (Wildman–Crippen LogP) is 2.44. The third-order valence-corrected chi connectivity index (χ3v) is 2.42. The second-order valence-corrected chi connectivity index (χ2v) is 3.39. The Hall–Kier alpha value is -0.560. The first-order chi connectivity index (χ1) is 5.36. The lowest BCUT2D eigenvalue weighted by molar-refractivity contribution is 0.0689. The first-order valence-corrected chi connectivity index (χ1v) is 4.32. The molecule has 1 aliphatic heterocycles. The van der Waals surface area contributed by atoms with Gasteiger partial charge in [-0.25, -0.2) is 0 Å². The van der Waals surface area contributed by atoms with E-state index in [1.807, 2.05) is 0 Å². The van der Waals surface area contributed by atoms with Crippen LogP contribution >= 0.6 is 0 Å². The van der Waals surface area contributed by atoms with Crippen LogP contribution in [0.1, 0.15) is 26.2 Å². The molecule has 1 atom stereocenters. The highest BCUT2D eigenvalue weighted by Gasteiger charge is 2.20. The van der Waals surface area contributed by atoms with Crippen LogP contribution in [0, 0.1) is 0 Å². The molecule has 0 aromatic heterocycles. The zero-order valence-corrected chi connectivity index (χ0v) is 6.97. The minimum absolute atomic E-state index is 0.424. The van der Waals surface area contributed by atoms with Crippen LogP contribution in [0.15, 0.2) is 23.3 Å². The van der Waals surface area contributed by atoms with Crippen molar-refractivity contribution in [1.29, 1.82) is 0 Å². The van der Waals surface area contributed by atoms with E-state index < -0.39 is 0 Å². The molecule has 0 aromatic carbocycles. The van der Waals surface area contributed by atoms with Crippen molar-refractivity contribution >= 4 is 0 Å². The smallest absolute Gasteiger partial charge is 0.0822 e. The van der Waals surface area contributed by atoms with Gasteiger partial charge >= 0.3 is 0 Å². The predicted molar refractivity (Wildman–Crippen MR) is 45.4 cm³/mol. The summed E-state index contributed by atoms with van der Waals surface area (Å²) in [7, 11) is 0. The number of fused-ring (bicyclic) bond motifs is 1. The van der Waals surface area contributed by atoms with Crippen molar-refractivity contribution in [2.24, 2.45) is 0 Å².